The Bertz CT molecular complexity index is 516. The van der Waals surface area contributed by atoms with Crippen LogP contribution in [0.2, 0.25) is 0 Å². The van der Waals surface area contributed by atoms with E-state index >= 15 is 0 Å². The molecule has 2 aromatic carbocycles. The molecule has 2 aromatic rings. The Labute approximate surface area is 124 Å². The molecule has 0 aliphatic heterocycles. The van der Waals surface area contributed by atoms with Crippen LogP contribution >= 0.6 is 0 Å². The minimum absolute atomic E-state index is 0.187. The van der Waals surface area contributed by atoms with Gasteiger partial charge in [-0.2, -0.15) is 0 Å². The maximum atomic E-state index is 6.04. The van der Waals surface area contributed by atoms with E-state index in [0.717, 1.165) is 11.4 Å². The summed E-state index contributed by atoms with van der Waals surface area (Å²) in [5.41, 5.74) is 16.6. The molecule has 4 N–H and O–H groups in total. The number of hydrogen-bond donors (Lipinski definition) is 2. The van der Waals surface area contributed by atoms with Crippen LogP contribution in [0.3, 0.4) is 0 Å². The molecule has 0 spiro atoms. The topological polar surface area (TPSA) is 52.0 Å². The monoisotopic (exact) mass is 472 g/mol. The zero-order valence-electron chi connectivity index (χ0n) is 10.4. The molecule has 0 aliphatic rings. The molecule has 0 radical (unpaired) electrons. The molecule has 0 heterocycles. The predicted octanol–water partition coefficient (Wildman–Crippen LogP) is 0.742. The van der Waals surface area contributed by atoms with Gasteiger partial charge in [0.1, 0.15) is 0 Å². The van der Waals surface area contributed by atoms with Crippen molar-refractivity contribution in [3.63, 3.8) is 0 Å². The molecule has 0 aliphatic carbocycles. The number of anilines is 2. The van der Waals surface area contributed by atoms with Crippen molar-refractivity contribution in [1.29, 1.82) is 0 Å². The first-order chi connectivity index (χ1) is 8.56. The molecular weight excluding hydrogens is 451 g/mol. The van der Waals surface area contributed by atoms with Crippen molar-refractivity contribution in [3.05, 3.63) is 47.5 Å². The van der Waals surface area contributed by atoms with Gasteiger partial charge in [-0.1, -0.05) is 0 Å². The van der Waals surface area contributed by atoms with Crippen LogP contribution in [0.4, 0.5) is 11.4 Å². The summed E-state index contributed by atoms with van der Waals surface area (Å²) < 4.78 is 2.78. The van der Waals surface area contributed by atoms with E-state index in [-0.39, 0.29) is 34.1 Å². The van der Waals surface area contributed by atoms with E-state index in [0.29, 0.717) is 0 Å². The van der Waals surface area contributed by atoms with E-state index in [9.17, 15) is 0 Å². The fraction of sp³-hybridized carbons (Fsp3) is 0.143. The zero-order valence-corrected chi connectivity index (χ0v) is 15.1. The van der Waals surface area contributed by atoms with Gasteiger partial charge in [0.2, 0.25) is 0 Å². The quantitative estimate of drug-likeness (QED) is 0.517. The van der Waals surface area contributed by atoms with Crippen LogP contribution in [0.5, 0.6) is 0 Å². The van der Waals surface area contributed by atoms with Crippen LogP contribution in [0.1, 0.15) is 11.1 Å². The van der Waals surface area contributed by atoms with Gasteiger partial charge in [0.25, 0.3) is 0 Å². The van der Waals surface area contributed by atoms with Crippen LogP contribution in [0.15, 0.2) is 36.4 Å². The third kappa shape index (κ3) is 3.56. The van der Waals surface area contributed by atoms with E-state index in [1.165, 1.54) is 18.3 Å². The molecule has 4 heteroatoms. The number of benzene rings is 2. The molecule has 0 unspecified atom stereocenters. The van der Waals surface area contributed by atoms with Gasteiger partial charge in [-0.3, -0.25) is 0 Å². The van der Waals surface area contributed by atoms with Gasteiger partial charge < -0.3 is 0 Å². The zero-order chi connectivity index (χ0) is 13.1. The normalized spacial score (nSPS) is 10.6. The summed E-state index contributed by atoms with van der Waals surface area (Å²) in [6.45, 7) is 4.25. The summed E-state index contributed by atoms with van der Waals surface area (Å²) in [6.07, 6.45) is 0. The van der Waals surface area contributed by atoms with Gasteiger partial charge in [0.15, 0.2) is 0 Å². The Morgan fingerprint density at radius 1 is 0.722 bits per heavy atom. The number of nitrogens with two attached hydrogens (primary N) is 2. The van der Waals surface area contributed by atoms with Gasteiger partial charge >= 0.3 is 126 Å². The molecule has 0 aromatic heterocycles. The standard InChI is InChI=1S/C14H16N2Te2/c1-9-3-5-11(15)13(7-9)17-18-14-8-10(2)4-6-12(14)16/h3-8H,15-16H2,1-2H3. The molecule has 0 fully saturated rings. The molecule has 0 atom stereocenters. The molecule has 94 valence electrons. The van der Waals surface area contributed by atoms with E-state index in [4.69, 9.17) is 11.5 Å². The summed E-state index contributed by atoms with van der Waals surface area (Å²) in [4.78, 5) is 0. The van der Waals surface area contributed by atoms with Crippen molar-refractivity contribution < 1.29 is 0 Å². The van der Waals surface area contributed by atoms with Crippen molar-refractivity contribution in [2.75, 3.05) is 11.5 Å². The predicted molar refractivity (Wildman–Crippen MR) is 82.0 cm³/mol. The second kappa shape index (κ2) is 6.18. The Hall–Kier alpha value is -0.381. The fourth-order valence-electron chi connectivity index (χ4n) is 1.52. The third-order valence-electron chi connectivity index (χ3n) is 2.56. The molecule has 0 bridgehead atoms. The van der Waals surface area contributed by atoms with Gasteiger partial charge in [-0.15, -0.1) is 0 Å². The number of aryl methyl sites for hydroxylation is 2. The number of hydrogen-bond acceptors (Lipinski definition) is 2. The minimum atomic E-state index is -0.187. The van der Waals surface area contributed by atoms with Gasteiger partial charge in [0.05, 0.1) is 0 Å². The Morgan fingerprint density at radius 2 is 1.11 bits per heavy atom. The summed E-state index contributed by atoms with van der Waals surface area (Å²) in [6, 6.07) is 12.7. The van der Waals surface area contributed by atoms with Crippen LogP contribution in [-0.4, -0.2) is 34.1 Å². The first kappa shape index (κ1) is 14.0. The summed E-state index contributed by atoms with van der Waals surface area (Å²) >= 11 is -0.374. The van der Waals surface area contributed by atoms with Crippen molar-refractivity contribution in [2.24, 2.45) is 0 Å². The van der Waals surface area contributed by atoms with Gasteiger partial charge in [-0.05, 0) is 0 Å². The molecule has 0 saturated carbocycles. The first-order valence-corrected chi connectivity index (χ1v) is 15.3. The maximum absolute atomic E-state index is 6.04. The van der Waals surface area contributed by atoms with Crippen molar-refractivity contribution in [2.45, 2.75) is 13.8 Å². The number of nitrogen functional groups attached to an aromatic ring is 2. The summed E-state index contributed by atoms with van der Waals surface area (Å²) in [5, 5.41) is 0. The second-order valence-electron chi connectivity index (χ2n) is 4.25. The molecule has 2 nitrogen and oxygen atoms in total. The fourth-order valence-corrected chi connectivity index (χ4v) is 13.3. The van der Waals surface area contributed by atoms with E-state index in [1.54, 1.807) is 0 Å². The third-order valence-corrected chi connectivity index (χ3v) is 14.3. The van der Waals surface area contributed by atoms with Crippen LogP contribution in [-0.2, 0) is 0 Å². The van der Waals surface area contributed by atoms with Gasteiger partial charge in [0, 0.05) is 0 Å². The first-order valence-electron chi connectivity index (χ1n) is 5.63. The Kier molecular flexibility index (Phi) is 4.82. The molecule has 0 amide bonds. The van der Waals surface area contributed by atoms with E-state index < -0.39 is 0 Å². The number of rotatable bonds is 3. The van der Waals surface area contributed by atoms with Crippen molar-refractivity contribution in [3.8, 4) is 0 Å². The molecule has 0 saturated heterocycles. The van der Waals surface area contributed by atoms with Crippen molar-refractivity contribution in [1.82, 2.24) is 0 Å². The van der Waals surface area contributed by atoms with Crippen LogP contribution in [0.25, 0.3) is 0 Å². The SMILES string of the molecule is Cc1ccc(N)c([Te][Te]c2cc(C)ccc2N)c1. The molecule has 2 rings (SSSR count). The molecular formula is C14H16N2Te2. The second-order valence-corrected chi connectivity index (χ2v) is 14.1. The van der Waals surface area contributed by atoms with Crippen molar-refractivity contribution >= 4 is 52.7 Å². The average molecular weight is 467 g/mol. The van der Waals surface area contributed by atoms with E-state index in [2.05, 4.69) is 38.1 Å². The Morgan fingerprint density at radius 3 is 1.50 bits per heavy atom. The summed E-state index contributed by atoms with van der Waals surface area (Å²) in [7, 11) is 0. The van der Waals surface area contributed by atoms with Gasteiger partial charge in [-0.25, -0.2) is 0 Å². The summed E-state index contributed by atoms with van der Waals surface area (Å²) in [5.74, 6) is 0. The van der Waals surface area contributed by atoms with Crippen LogP contribution in [0, 0.1) is 13.8 Å². The average Bonchev–Trinajstić information content (AvgIpc) is 2.34. The van der Waals surface area contributed by atoms with Crippen LogP contribution < -0.4 is 18.7 Å². The Balaban J connectivity index is 2.16. The van der Waals surface area contributed by atoms with E-state index in [1.807, 2.05) is 12.1 Å². The molecule has 18 heavy (non-hydrogen) atoms.